The number of hydrogen-bond acceptors (Lipinski definition) is 3. The zero-order valence-corrected chi connectivity index (χ0v) is 13.2. The molecule has 0 aliphatic carbocycles. The Morgan fingerprint density at radius 2 is 1.90 bits per heavy atom. The number of amides is 1. The summed E-state index contributed by atoms with van der Waals surface area (Å²) < 4.78 is 0. The lowest BCUT2D eigenvalue weighted by Gasteiger charge is -2.12. The Balaban J connectivity index is 0.00000200. The fourth-order valence-corrected chi connectivity index (χ4v) is 2.63. The summed E-state index contributed by atoms with van der Waals surface area (Å²) in [6.45, 7) is 4.59. The van der Waals surface area contributed by atoms with Crippen molar-refractivity contribution < 1.29 is 4.79 Å². The molecule has 3 N–H and O–H groups in total. The van der Waals surface area contributed by atoms with E-state index in [-0.39, 0.29) is 18.3 Å². The highest BCUT2D eigenvalue weighted by Crippen LogP contribution is 2.16. The second-order valence-electron chi connectivity index (χ2n) is 4.63. The number of nitrogens with two attached hydrogens (primary N) is 1. The van der Waals surface area contributed by atoms with E-state index in [1.54, 1.807) is 11.3 Å². The molecule has 2 aromatic rings. The van der Waals surface area contributed by atoms with Gasteiger partial charge < -0.3 is 11.1 Å². The van der Waals surface area contributed by atoms with Crippen molar-refractivity contribution in [2.75, 3.05) is 0 Å². The van der Waals surface area contributed by atoms with Crippen LogP contribution in [0.3, 0.4) is 0 Å². The second kappa shape index (κ2) is 7.43. The normalized spacial score (nSPS) is 11.6. The van der Waals surface area contributed by atoms with E-state index in [4.69, 9.17) is 5.73 Å². The van der Waals surface area contributed by atoms with Gasteiger partial charge in [-0.05, 0) is 36.4 Å². The van der Waals surface area contributed by atoms with Crippen LogP contribution in [0.1, 0.15) is 27.6 Å². The Morgan fingerprint density at radius 1 is 1.25 bits per heavy atom. The van der Waals surface area contributed by atoms with Crippen LogP contribution < -0.4 is 11.1 Å². The van der Waals surface area contributed by atoms with E-state index in [1.807, 2.05) is 49.6 Å². The highest BCUT2D eigenvalue weighted by molar-refractivity contribution is 7.10. The molecule has 0 radical (unpaired) electrons. The quantitative estimate of drug-likeness (QED) is 0.911. The van der Waals surface area contributed by atoms with E-state index < -0.39 is 6.04 Å². The van der Waals surface area contributed by atoms with Crippen molar-refractivity contribution in [1.29, 1.82) is 0 Å². The van der Waals surface area contributed by atoms with Crippen LogP contribution in [0, 0.1) is 13.8 Å². The maximum atomic E-state index is 12.0. The molecule has 0 spiro atoms. The van der Waals surface area contributed by atoms with E-state index in [1.165, 1.54) is 10.4 Å². The van der Waals surface area contributed by atoms with Crippen LogP contribution in [-0.2, 0) is 11.3 Å². The largest absolute Gasteiger partial charge is 0.350 e. The summed E-state index contributed by atoms with van der Waals surface area (Å²) in [7, 11) is 0. The third-order valence-corrected chi connectivity index (χ3v) is 4.13. The number of aryl methyl sites for hydroxylation is 2. The molecular formula is C15H19ClN2OS. The standard InChI is InChI=1S/C15H18N2OS.ClH/c1-10-3-5-12(6-4-10)14(16)15(18)17-9-13-11(2)7-8-19-13;/h3-8,14H,9,16H2,1-2H3,(H,17,18);1H. The van der Waals surface area contributed by atoms with E-state index in [0.29, 0.717) is 6.54 Å². The average Bonchev–Trinajstić information content (AvgIpc) is 2.81. The Bertz CT molecular complexity index is 566. The van der Waals surface area contributed by atoms with Crippen LogP contribution in [0.5, 0.6) is 0 Å². The van der Waals surface area contributed by atoms with E-state index in [9.17, 15) is 4.79 Å². The number of nitrogens with one attached hydrogen (secondary N) is 1. The molecule has 1 aromatic carbocycles. The maximum absolute atomic E-state index is 12.0. The molecule has 108 valence electrons. The first-order valence-corrected chi connectivity index (χ1v) is 7.08. The molecule has 1 unspecified atom stereocenters. The fraction of sp³-hybridized carbons (Fsp3) is 0.267. The zero-order valence-electron chi connectivity index (χ0n) is 11.6. The Hall–Kier alpha value is -1.36. The van der Waals surface area contributed by atoms with Gasteiger partial charge in [0.15, 0.2) is 0 Å². The lowest BCUT2D eigenvalue weighted by atomic mass is 10.1. The molecule has 1 heterocycles. The third-order valence-electron chi connectivity index (χ3n) is 3.11. The number of benzene rings is 1. The van der Waals surface area contributed by atoms with Gasteiger partial charge in [-0.2, -0.15) is 0 Å². The topological polar surface area (TPSA) is 55.1 Å². The number of carbonyl (C=O) groups is 1. The molecule has 5 heteroatoms. The fourth-order valence-electron chi connectivity index (χ4n) is 1.79. The van der Waals surface area contributed by atoms with Crippen LogP contribution in [0.25, 0.3) is 0 Å². The molecule has 0 saturated carbocycles. The van der Waals surface area contributed by atoms with Gasteiger partial charge in [-0.3, -0.25) is 4.79 Å². The molecule has 2 rings (SSSR count). The minimum atomic E-state index is -0.610. The van der Waals surface area contributed by atoms with Crippen molar-refractivity contribution in [1.82, 2.24) is 5.32 Å². The molecule has 1 atom stereocenters. The first kappa shape index (κ1) is 16.7. The lowest BCUT2D eigenvalue weighted by Crippen LogP contribution is -2.33. The van der Waals surface area contributed by atoms with Gasteiger partial charge in [0.2, 0.25) is 5.91 Å². The van der Waals surface area contributed by atoms with Crippen molar-refractivity contribution in [2.45, 2.75) is 26.4 Å². The number of carbonyl (C=O) groups excluding carboxylic acids is 1. The van der Waals surface area contributed by atoms with Gasteiger partial charge in [-0.1, -0.05) is 29.8 Å². The smallest absolute Gasteiger partial charge is 0.241 e. The number of hydrogen-bond donors (Lipinski definition) is 2. The predicted octanol–water partition coefficient (Wildman–Crippen LogP) is 3.10. The van der Waals surface area contributed by atoms with Gasteiger partial charge >= 0.3 is 0 Å². The van der Waals surface area contributed by atoms with E-state index in [0.717, 1.165) is 11.1 Å². The van der Waals surface area contributed by atoms with Gasteiger partial charge in [-0.25, -0.2) is 0 Å². The predicted molar refractivity (Wildman–Crippen MR) is 86.3 cm³/mol. The highest BCUT2D eigenvalue weighted by atomic mass is 35.5. The summed E-state index contributed by atoms with van der Waals surface area (Å²) in [5.74, 6) is -0.142. The Labute approximate surface area is 129 Å². The lowest BCUT2D eigenvalue weighted by molar-refractivity contribution is -0.122. The van der Waals surface area contributed by atoms with Crippen molar-refractivity contribution in [3.05, 3.63) is 57.3 Å². The molecule has 0 aliphatic heterocycles. The van der Waals surface area contributed by atoms with Crippen LogP contribution in [0.4, 0.5) is 0 Å². The van der Waals surface area contributed by atoms with E-state index >= 15 is 0 Å². The summed E-state index contributed by atoms with van der Waals surface area (Å²) >= 11 is 1.65. The summed E-state index contributed by atoms with van der Waals surface area (Å²) in [5.41, 5.74) is 9.16. The minimum Gasteiger partial charge on any atom is -0.350 e. The van der Waals surface area contributed by atoms with Crippen molar-refractivity contribution >= 4 is 29.7 Å². The van der Waals surface area contributed by atoms with Crippen LogP contribution >= 0.6 is 23.7 Å². The third kappa shape index (κ3) is 4.07. The first-order valence-electron chi connectivity index (χ1n) is 6.21. The van der Waals surface area contributed by atoms with Gasteiger partial charge in [0.05, 0.1) is 6.54 Å². The van der Waals surface area contributed by atoms with Crippen LogP contribution in [0.2, 0.25) is 0 Å². The Morgan fingerprint density at radius 3 is 2.45 bits per heavy atom. The maximum Gasteiger partial charge on any atom is 0.241 e. The molecule has 1 aromatic heterocycles. The van der Waals surface area contributed by atoms with Crippen molar-refractivity contribution in [3.8, 4) is 0 Å². The van der Waals surface area contributed by atoms with Crippen LogP contribution in [-0.4, -0.2) is 5.91 Å². The summed E-state index contributed by atoms with van der Waals surface area (Å²) in [6, 6.07) is 9.16. The number of rotatable bonds is 4. The second-order valence-corrected chi connectivity index (χ2v) is 5.63. The molecule has 3 nitrogen and oxygen atoms in total. The molecule has 1 amide bonds. The van der Waals surface area contributed by atoms with Crippen molar-refractivity contribution in [2.24, 2.45) is 5.73 Å². The summed E-state index contributed by atoms with van der Waals surface area (Å²) in [4.78, 5) is 13.2. The summed E-state index contributed by atoms with van der Waals surface area (Å²) in [5, 5.41) is 4.91. The van der Waals surface area contributed by atoms with Gasteiger partial charge in [0.1, 0.15) is 6.04 Å². The van der Waals surface area contributed by atoms with Crippen molar-refractivity contribution in [3.63, 3.8) is 0 Å². The SMILES string of the molecule is Cc1ccc(C(N)C(=O)NCc2sccc2C)cc1.Cl. The zero-order chi connectivity index (χ0) is 13.8. The summed E-state index contributed by atoms with van der Waals surface area (Å²) in [6.07, 6.45) is 0. The Kier molecular flexibility index (Phi) is 6.20. The number of thiophene rings is 1. The van der Waals surface area contributed by atoms with E-state index in [2.05, 4.69) is 5.32 Å². The van der Waals surface area contributed by atoms with Crippen LogP contribution in [0.15, 0.2) is 35.7 Å². The monoisotopic (exact) mass is 310 g/mol. The average molecular weight is 311 g/mol. The highest BCUT2D eigenvalue weighted by Gasteiger charge is 2.15. The molecule has 0 fully saturated rings. The number of halogens is 1. The molecule has 0 bridgehead atoms. The minimum absolute atomic E-state index is 0. The molecule has 0 saturated heterocycles. The van der Waals surface area contributed by atoms with Gasteiger partial charge in [-0.15, -0.1) is 23.7 Å². The molecule has 0 aliphatic rings. The molecular weight excluding hydrogens is 292 g/mol. The van der Waals surface area contributed by atoms with Gasteiger partial charge in [0, 0.05) is 4.88 Å². The molecule has 20 heavy (non-hydrogen) atoms. The first-order chi connectivity index (χ1) is 9.08. The van der Waals surface area contributed by atoms with Gasteiger partial charge in [0.25, 0.3) is 0 Å².